The van der Waals surface area contributed by atoms with Crippen LogP contribution in [0.1, 0.15) is 27.2 Å². The molecule has 0 bridgehead atoms. The van der Waals surface area contributed by atoms with E-state index in [1.165, 1.54) is 18.7 Å². The van der Waals surface area contributed by atoms with Gasteiger partial charge in [0.05, 0.1) is 4.87 Å². The lowest BCUT2D eigenvalue weighted by molar-refractivity contribution is 0.369. The average Bonchev–Trinajstić information content (AvgIpc) is 2.35. The predicted octanol–water partition coefficient (Wildman–Crippen LogP) is 2.09. The topological polar surface area (TPSA) is 12.0 Å². The Kier molecular flexibility index (Phi) is 2.64. The lowest BCUT2D eigenvalue weighted by atomic mass is 10.0. The van der Waals surface area contributed by atoms with Gasteiger partial charge in [-0.25, -0.2) is 0 Å². The van der Waals surface area contributed by atoms with Crippen LogP contribution in [0.15, 0.2) is 0 Å². The average molecular weight is 159 g/mol. The third kappa shape index (κ3) is 1.32. The Morgan fingerprint density at radius 3 is 2.50 bits per heavy atom. The fourth-order valence-electron chi connectivity index (χ4n) is 1.55. The first-order chi connectivity index (χ1) is 4.71. The van der Waals surface area contributed by atoms with E-state index in [9.17, 15) is 0 Å². The van der Waals surface area contributed by atoms with E-state index in [1.807, 2.05) is 0 Å². The molecule has 0 radical (unpaired) electrons. The highest BCUT2D eigenvalue weighted by Gasteiger charge is 2.35. The first kappa shape index (κ1) is 8.41. The fraction of sp³-hybridized carbons (Fsp3) is 1.00. The molecule has 1 rings (SSSR count). The molecule has 0 aromatic heterocycles. The van der Waals surface area contributed by atoms with Crippen molar-refractivity contribution in [2.75, 3.05) is 12.3 Å². The Morgan fingerprint density at radius 2 is 2.30 bits per heavy atom. The second kappa shape index (κ2) is 3.14. The van der Waals surface area contributed by atoms with Gasteiger partial charge in [-0.1, -0.05) is 20.8 Å². The van der Waals surface area contributed by atoms with Gasteiger partial charge in [-0.3, -0.25) is 0 Å². The third-order valence-electron chi connectivity index (χ3n) is 2.34. The van der Waals surface area contributed by atoms with Gasteiger partial charge in [0.2, 0.25) is 0 Å². The third-order valence-corrected chi connectivity index (χ3v) is 4.17. The zero-order valence-corrected chi connectivity index (χ0v) is 7.92. The number of hydrogen-bond donors (Lipinski definition) is 1. The second-order valence-electron chi connectivity index (χ2n) is 3.17. The van der Waals surface area contributed by atoms with E-state index in [0.29, 0.717) is 4.87 Å². The van der Waals surface area contributed by atoms with Crippen LogP contribution < -0.4 is 5.32 Å². The molecule has 1 nitrogen and oxygen atoms in total. The summed E-state index contributed by atoms with van der Waals surface area (Å²) >= 11 is 2.09. The van der Waals surface area contributed by atoms with E-state index in [0.717, 1.165) is 5.92 Å². The smallest absolute Gasteiger partial charge is 0.0666 e. The number of rotatable bonds is 2. The minimum absolute atomic E-state index is 0.403. The highest BCUT2D eigenvalue weighted by atomic mass is 32.2. The van der Waals surface area contributed by atoms with Gasteiger partial charge in [0.1, 0.15) is 0 Å². The summed E-state index contributed by atoms with van der Waals surface area (Å²) in [4.78, 5) is 0.403. The van der Waals surface area contributed by atoms with E-state index >= 15 is 0 Å². The molecule has 1 fully saturated rings. The summed E-state index contributed by atoms with van der Waals surface area (Å²) < 4.78 is 0. The van der Waals surface area contributed by atoms with Gasteiger partial charge in [0, 0.05) is 12.3 Å². The molecule has 0 spiro atoms. The minimum Gasteiger partial charge on any atom is -0.302 e. The molecule has 1 unspecified atom stereocenters. The SMILES string of the molecule is CCC1(C(C)C)NCCS1. The van der Waals surface area contributed by atoms with Gasteiger partial charge < -0.3 is 5.32 Å². The van der Waals surface area contributed by atoms with Crippen molar-refractivity contribution in [1.29, 1.82) is 0 Å². The number of thioether (sulfide) groups is 1. The maximum atomic E-state index is 3.58. The standard InChI is InChI=1S/C8H17NS/c1-4-8(7(2)3)9-5-6-10-8/h7,9H,4-6H2,1-3H3. The van der Waals surface area contributed by atoms with Crippen LogP contribution in [0.2, 0.25) is 0 Å². The molecule has 1 saturated heterocycles. The molecule has 1 aliphatic heterocycles. The van der Waals surface area contributed by atoms with Gasteiger partial charge in [0.15, 0.2) is 0 Å². The molecular weight excluding hydrogens is 142 g/mol. The summed E-state index contributed by atoms with van der Waals surface area (Å²) in [7, 11) is 0. The summed E-state index contributed by atoms with van der Waals surface area (Å²) in [6.45, 7) is 8.06. The summed E-state index contributed by atoms with van der Waals surface area (Å²) in [5, 5.41) is 3.58. The Bertz CT molecular complexity index is 106. The first-order valence-corrected chi connectivity index (χ1v) is 5.09. The second-order valence-corrected chi connectivity index (χ2v) is 4.60. The zero-order chi connectivity index (χ0) is 7.61. The van der Waals surface area contributed by atoms with Crippen LogP contribution >= 0.6 is 11.8 Å². The zero-order valence-electron chi connectivity index (χ0n) is 7.11. The molecule has 0 aromatic rings. The summed E-state index contributed by atoms with van der Waals surface area (Å²) in [5.74, 6) is 2.04. The molecule has 10 heavy (non-hydrogen) atoms. The van der Waals surface area contributed by atoms with E-state index in [4.69, 9.17) is 0 Å². The Balaban J connectivity index is 2.58. The van der Waals surface area contributed by atoms with E-state index in [-0.39, 0.29) is 0 Å². The van der Waals surface area contributed by atoms with Crippen LogP contribution in [-0.4, -0.2) is 17.2 Å². The van der Waals surface area contributed by atoms with Gasteiger partial charge in [0.25, 0.3) is 0 Å². The lowest BCUT2D eigenvalue weighted by Crippen LogP contribution is -2.41. The van der Waals surface area contributed by atoms with Crippen molar-refractivity contribution in [3.05, 3.63) is 0 Å². The van der Waals surface area contributed by atoms with Crippen LogP contribution in [0.3, 0.4) is 0 Å². The number of hydrogen-bond acceptors (Lipinski definition) is 2. The van der Waals surface area contributed by atoms with Crippen molar-refractivity contribution in [3.8, 4) is 0 Å². The van der Waals surface area contributed by atoms with E-state index in [2.05, 4.69) is 37.8 Å². The molecule has 2 heteroatoms. The Morgan fingerprint density at radius 1 is 1.60 bits per heavy atom. The highest BCUT2D eigenvalue weighted by molar-refractivity contribution is 8.00. The fourth-order valence-corrected chi connectivity index (χ4v) is 2.86. The van der Waals surface area contributed by atoms with E-state index < -0.39 is 0 Å². The summed E-state index contributed by atoms with van der Waals surface area (Å²) in [6.07, 6.45) is 1.25. The van der Waals surface area contributed by atoms with Crippen LogP contribution in [0, 0.1) is 5.92 Å². The lowest BCUT2D eigenvalue weighted by Gasteiger charge is -2.31. The highest BCUT2D eigenvalue weighted by Crippen LogP contribution is 2.36. The molecule has 1 atom stereocenters. The largest absolute Gasteiger partial charge is 0.302 e. The molecular formula is C8H17NS. The van der Waals surface area contributed by atoms with Gasteiger partial charge in [-0.15, -0.1) is 11.8 Å². The minimum atomic E-state index is 0.403. The van der Waals surface area contributed by atoms with Crippen LogP contribution in [0.5, 0.6) is 0 Å². The predicted molar refractivity (Wildman–Crippen MR) is 48.3 cm³/mol. The van der Waals surface area contributed by atoms with Crippen molar-refractivity contribution in [1.82, 2.24) is 5.32 Å². The molecule has 0 aromatic carbocycles. The quantitative estimate of drug-likeness (QED) is 0.662. The molecule has 0 saturated carbocycles. The maximum absolute atomic E-state index is 3.58. The Hall–Kier alpha value is 0.310. The van der Waals surface area contributed by atoms with Gasteiger partial charge in [-0.2, -0.15) is 0 Å². The van der Waals surface area contributed by atoms with E-state index in [1.54, 1.807) is 0 Å². The molecule has 60 valence electrons. The first-order valence-electron chi connectivity index (χ1n) is 4.10. The van der Waals surface area contributed by atoms with Crippen LogP contribution in [0.4, 0.5) is 0 Å². The number of nitrogens with one attached hydrogen (secondary N) is 1. The van der Waals surface area contributed by atoms with Crippen LogP contribution in [-0.2, 0) is 0 Å². The monoisotopic (exact) mass is 159 g/mol. The molecule has 1 N–H and O–H groups in total. The summed E-state index contributed by atoms with van der Waals surface area (Å²) in [5.41, 5.74) is 0. The van der Waals surface area contributed by atoms with Crippen molar-refractivity contribution in [3.63, 3.8) is 0 Å². The molecule has 1 heterocycles. The molecule has 0 aliphatic carbocycles. The van der Waals surface area contributed by atoms with Crippen molar-refractivity contribution in [2.24, 2.45) is 5.92 Å². The Labute approximate surface area is 68.0 Å². The molecule has 0 amide bonds. The normalized spacial score (nSPS) is 33.6. The van der Waals surface area contributed by atoms with Gasteiger partial charge >= 0.3 is 0 Å². The maximum Gasteiger partial charge on any atom is 0.0666 e. The van der Waals surface area contributed by atoms with Crippen molar-refractivity contribution >= 4 is 11.8 Å². The molecule has 1 aliphatic rings. The van der Waals surface area contributed by atoms with Gasteiger partial charge in [-0.05, 0) is 12.3 Å². The van der Waals surface area contributed by atoms with Crippen molar-refractivity contribution < 1.29 is 0 Å². The summed E-state index contributed by atoms with van der Waals surface area (Å²) in [6, 6.07) is 0. The van der Waals surface area contributed by atoms with Crippen LogP contribution in [0.25, 0.3) is 0 Å². The van der Waals surface area contributed by atoms with Crippen molar-refractivity contribution in [2.45, 2.75) is 32.1 Å².